The van der Waals surface area contributed by atoms with E-state index in [9.17, 15) is 17.9 Å². The van der Waals surface area contributed by atoms with Crippen molar-refractivity contribution >= 4 is 10.0 Å². The summed E-state index contributed by atoms with van der Waals surface area (Å²) in [6.07, 6.45) is 0.707. The van der Waals surface area contributed by atoms with Gasteiger partial charge in [0.05, 0.1) is 17.6 Å². The minimum Gasteiger partial charge on any atom is -0.494 e. The zero-order valence-corrected chi connectivity index (χ0v) is 12.5. The number of hydrogen-bond acceptors (Lipinski definition) is 5. The van der Waals surface area contributed by atoms with Crippen LogP contribution in [0.3, 0.4) is 0 Å². The lowest BCUT2D eigenvalue weighted by atomic mass is 9.95. The number of halogens is 1. The van der Waals surface area contributed by atoms with Crippen LogP contribution in [0.2, 0.25) is 0 Å². The summed E-state index contributed by atoms with van der Waals surface area (Å²) in [4.78, 5) is -0.212. The Morgan fingerprint density at radius 2 is 2.10 bits per heavy atom. The van der Waals surface area contributed by atoms with Crippen LogP contribution < -0.4 is 9.46 Å². The fourth-order valence-electron chi connectivity index (χ4n) is 2.06. The van der Waals surface area contributed by atoms with Gasteiger partial charge in [-0.3, -0.25) is 0 Å². The number of hydrogen-bond donors (Lipinski definition) is 2. The first-order valence-electron chi connectivity index (χ1n) is 6.50. The van der Waals surface area contributed by atoms with Gasteiger partial charge in [-0.15, -0.1) is 0 Å². The van der Waals surface area contributed by atoms with Crippen LogP contribution in [-0.2, 0) is 14.8 Å². The van der Waals surface area contributed by atoms with Gasteiger partial charge in [0.2, 0.25) is 10.0 Å². The van der Waals surface area contributed by atoms with Crippen molar-refractivity contribution in [3.8, 4) is 5.75 Å². The van der Waals surface area contributed by atoms with Crippen LogP contribution in [0.5, 0.6) is 5.75 Å². The molecular weight excluding hydrogens is 301 g/mol. The first-order valence-corrected chi connectivity index (χ1v) is 7.98. The van der Waals surface area contributed by atoms with Crippen LogP contribution in [-0.4, -0.2) is 46.0 Å². The average Bonchev–Trinajstić information content (AvgIpc) is 2.46. The Morgan fingerprint density at radius 3 is 2.67 bits per heavy atom. The highest BCUT2D eigenvalue weighted by atomic mass is 32.2. The second-order valence-corrected chi connectivity index (χ2v) is 6.72. The normalized spacial score (nSPS) is 18.4. The minimum absolute atomic E-state index is 0.0305. The zero-order chi connectivity index (χ0) is 15.5. The summed E-state index contributed by atoms with van der Waals surface area (Å²) < 4.78 is 50.0. The molecule has 8 heteroatoms. The molecule has 6 nitrogen and oxygen atoms in total. The van der Waals surface area contributed by atoms with E-state index < -0.39 is 21.4 Å². The van der Waals surface area contributed by atoms with Gasteiger partial charge in [0.15, 0.2) is 11.6 Å². The van der Waals surface area contributed by atoms with Crippen molar-refractivity contribution in [1.82, 2.24) is 4.72 Å². The molecule has 0 bridgehead atoms. The lowest BCUT2D eigenvalue weighted by Crippen LogP contribution is -2.46. The van der Waals surface area contributed by atoms with Gasteiger partial charge in [0.1, 0.15) is 0 Å². The fourth-order valence-corrected chi connectivity index (χ4v) is 3.19. The molecule has 0 aliphatic carbocycles. The summed E-state index contributed by atoms with van der Waals surface area (Å²) in [7, 11) is -2.59. The standard InChI is InChI=1S/C13H18FNO5S/c1-19-12-3-2-10(8-11(12)14)21(17,18)15-9-13(16)4-6-20-7-5-13/h2-3,8,15-16H,4-7,9H2,1H3. The van der Waals surface area contributed by atoms with Gasteiger partial charge in [0.25, 0.3) is 0 Å². The molecule has 1 saturated heterocycles. The Balaban J connectivity index is 2.09. The Kier molecular flexibility index (Phi) is 4.82. The third kappa shape index (κ3) is 3.91. The average molecular weight is 319 g/mol. The van der Waals surface area contributed by atoms with Crippen molar-refractivity contribution in [2.24, 2.45) is 0 Å². The number of benzene rings is 1. The van der Waals surface area contributed by atoms with Gasteiger partial charge in [-0.2, -0.15) is 0 Å². The SMILES string of the molecule is COc1ccc(S(=O)(=O)NCC2(O)CCOCC2)cc1F. The summed E-state index contributed by atoms with van der Waals surface area (Å²) in [6, 6.07) is 3.38. The molecule has 0 saturated carbocycles. The van der Waals surface area contributed by atoms with E-state index in [0.717, 1.165) is 6.07 Å². The highest BCUT2D eigenvalue weighted by Gasteiger charge is 2.31. The molecule has 0 unspecified atom stereocenters. The quantitative estimate of drug-likeness (QED) is 0.832. The van der Waals surface area contributed by atoms with E-state index in [-0.39, 0.29) is 17.2 Å². The van der Waals surface area contributed by atoms with E-state index in [1.54, 1.807) is 0 Å². The minimum atomic E-state index is -3.89. The predicted molar refractivity (Wildman–Crippen MR) is 73.1 cm³/mol. The van der Waals surface area contributed by atoms with E-state index in [2.05, 4.69) is 4.72 Å². The Labute approximate surface area is 122 Å². The molecule has 0 spiro atoms. The number of sulfonamides is 1. The van der Waals surface area contributed by atoms with E-state index >= 15 is 0 Å². The molecule has 21 heavy (non-hydrogen) atoms. The maximum atomic E-state index is 13.6. The van der Waals surface area contributed by atoms with Crippen molar-refractivity contribution in [2.75, 3.05) is 26.9 Å². The van der Waals surface area contributed by atoms with E-state index in [1.165, 1.54) is 19.2 Å². The van der Waals surface area contributed by atoms with Crippen LogP contribution >= 0.6 is 0 Å². The Bertz CT molecular complexity index is 599. The monoisotopic (exact) mass is 319 g/mol. The predicted octanol–water partition coefficient (Wildman–Crippen LogP) is 0.654. The topological polar surface area (TPSA) is 84.9 Å². The molecule has 1 aromatic carbocycles. The maximum absolute atomic E-state index is 13.6. The molecule has 1 aromatic rings. The number of nitrogens with one attached hydrogen (secondary N) is 1. The number of rotatable bonds is 5. The highest BCUT2D eigenvalue weighted by molar-refractivity contribution is 7.89. The summed E-state index contributed by atoms with van der Waals surface area (Å²) in [5, 5.41) is 10.2. The summed E-state index contributed by atoms with van der Waals surface area (Å²) in [5.41, 5.74) is -1.13. The van der Waals surface area contributed by atoms with Gasteiger partial charge in [-0.25, -0.2) is 17.5 Å². The lowest BCUT2D eigenvalue weighted by Gasteiger charge is -2.31. The Hall–Kier alpha value is -1.22. The van der Waals surface area contributed by atoms with E-state index in [0.29, 0.717) is 26.1 Å². The first kappa shape index (κ1) is 16.2. The number of aliphatic hydroxyl groups is 1. The van der Waals surface area contributed by atoms with Crippen molar-refractivity contribution in [3.63, 3.8) is 0 Å². The first-order chi connectivity index (χ1) is 9.86. The van der Waals surface area contributed by atoms with Gasteiger partial charge in [0, 0.05) is 32.6 Å². The molecule has 0 atom stereocenters. The molecule has 0 aromatic heterocycles. The van der Waals surface area contributed by atoms with Gasteiger partial charge >= 0.3 is 0 Å². The molecule has 2 rings (SSSR count). The summed E-state index contributed by atoms with van der Waals surface area (Å²) in [5.74, 6) is -0.790. The third-order valence-electron chi connectivity index (χ3n) is 3.45. The molecule has 118 valence electrons. The smallest absolute Gasteiger partial charge is 0.240 e. The molecule has 1 heterocycles. The van der Waals surface area contributed by atoms with Crippen LogP contribution in [0.15, 0.2) is 23.1 Å². The Morgan fingerprint density at radius 1 is 1.43 bits per heavy atom. The molecule has 1 fully saturated rings. The van der Waals surface area contributed by atoms with Crippen LogP contribution in [0.4, 0.5) is 4.39 Å². The van der Waals surface area contributed by atoms with Crippen LogP contribution in [0, 0.1) is 5.82 Å². The largest absolute Gasteiger partial charge is 0.494 e. The maximum Gasteiger partial charge on any atom is 0.240 e. The zero-order valence-electron chi connectivity index (χ0n) is 11.6. The number of methoxy groups -OCH3 is 1. The summed E-state index contributed by atoms with van der Waals surface area (Å²) in [6.45, 7) is 0.636. The lowest BCUT2D eigenvalue weighted by molar-refractivity contribution is -0.0588. The second kappa shape index (κ2) is 6.27. The van der Waals surface area contributed by atoms with Gasteiger partial charge < -0.3 is 14.6 Å². The van der Waals surface area contributed by atoms with Gasteiger partial charge in [-0.1, -0.05) is 0 Å². The molecule has 0 amide bonds. The van der Waals surface area contributed by atoms with Gasteiger partial charge in [-0.05, 0) is 18.2 Å². The highest BCUT2D eigenvalue weighted by Crippen LogP contribution is 2.22. The summed E-state index contributed by atoms with van der Waals surface area (Å²) >= 11 is 0. The van der Waals surface area contributed by atoms with E-state index in [1.807, 2.05) is 0 Å². The second-order valence-electron chi connectivity index (χ2n) is 4.96. The molecule has 0 radical (unpaired) electrons. The van der Waals surface area contributed by atoms with Crippen LogP contribution in [0.1, 0.15) is 12.8 Å². The fraction of sp³-hybridized carbons (Fsp3) is 0.538. The molecule has 2 N–H and O–H groups in total. The molecule has 1 aliphatic rings. The molecule has 1 aliphatic heterocycles. The third-order valence-corrected chi connectivity index (χ3v) is 4.85. The van der Waals surface area contributed by atoms with Crippen molar-refractivity contribution in [3.05, 3.63) is 24.0 Å². The molecular formula is C13H18FNO5S. The van der Waals surface area contributed by atoms with Crippen molar-refractivity contribution in [2.45, 2.75) is 23.3 Å². The van der Waals surface area contributed by atoms with E-state index in [4.69, 9.17) is 9.47 Å². The van der Waals surface area contributed by atoms with Crippen LogP contribution in [0.25, 0.3) is 0 Å². The van der Waals surface area contributed by atoms with Crippen molar-refractivity contribution < 1.29 is 27.4 Å². The van der Waals surface area contributed by atoms with Crippen molar-refractivity contribution in [1.29, 1.82) is 0 Å². The number of ether oxygens (including phenoxy) is 2.